The third kappa shape index (κ3) is 11.3. The molecule has 6 nitrogen and oxygen atoms in total. The molecule has 17 aromatic carbocycles. The van der Waals surface area contributed by atoms with Gasteiger partial charge in [-0.15, -0.1) is 0 Å². The third-order valence-corrected chi connectivity index (χ3v) is 20.9. The van der Waals surface area contributed by atoms with Crippen LogP contribution in [0.2, 0.25) is 0 Å². The van der Waals surface area contributed by atoms with Crippen molar-refractivity contribution in [3.05, 3.63) is 376 Å². The number of fused-ring (bicyclic) bond motifs is 8. The van der Waals surface area contributed by atoms with E-state index in [4.69, 9.17) is 29.9 Å². The molecule has 0 amide bonds. The van der Waals surface area contributed by atoms with E-state index >= 15 is 0 Å². The minimum Gasteiger partial charge on any atom is -0.208 e. The summed E-state index contributed by atoms with van der Waals surface area (Å²) in [6.45, 7) is 0. The standard InChI is InChI=1S/C53H33N3.C47H29N3/c1-3-10-34(11-4-1)36-18-22-38(23-19-36)51-54-52(39-24-20-37(21-25-39)35-12-5-2-6-13-35)56-53(55-51)44-29-28-40-30-42(27-26-41(40)31-44)45-32-43-14-9-17-48-46-15-7-8-16-47(46)49(33-45)50(43)48;1-3-10-30(11-4-1)31-18-20-33(21-19-31)46-48-45(32-12-5-2-6-13-32)49-47(50-46)38-25-24-34-26-36(23-22-35(34)27-38)39-28-37-14-9-17-42-40-15-7-8-16-41(40)43(29-39)44(37)42/h1-33H;1-29H. The SMILES string of the molecule is c1ccc(-c2ccc(-c3nc(-c4ccc(-c5ccccc5)cc4)nc(-c4ccc5cc(-c6cc7c8c(cccc8c6)-c6ccccc6-7)ccc5c4)n3)cc2)cc1.c1ccc(-c2ccc(-c3nc(-c4ccccc4)nc(-c4ccc5cc(-c6cc7c8c(cccc8c6)-c6ccccc6-7)ccc5c4)n3)cc2)cc1. The fraction of sp³-hybridized carbons (Fsp3) is 0. The van der Waals surface area contributed by atoms with Gasteiger partial charge in [0.25, 0.3) is 0 Å². The second kappa shape index (κ2) is 26.0. The quantitative estimate of drug-likeness (QED) is 0.128. The van der Waals surface area contributed by atoms with Gasteiger partial charge in [0.05, 0.1) is 0 Å². The number of hydrogen-bond donors (Lipinski definition) is 0. The second-order valence-electron chi connectivity index (χ2n) is 27.3. The number of benzene rings is 17. The molecule has 0 saturated heterocycles. The Morgan fingerprint density at radius 3 is 0.660 bits per heavy atom. The van der Waals surface area contributed by atoms with Crippen LogP contribution in [0.4, 0.5) is 0 Å². The van der Waals surface area contributed by atoms with Gasteiger partial charge >= 0.3 is 0 Å². The molecule has 0 radical (unpaired) electrons. The highest BCUT2D eigenvalue weighted by Crippen LogP contribution is 2.51. The summed E-state index contributed by atoms with van der Waals surface area (Å²) in [5.74, 6) is 3.88. The first-order valence-electron chi connectivity index (χ1n) is 35.9. The smallest absolute Gasteiger partial charge is 0.164 e. The molecular weight excluding hydrogens is 1290 g/mol. The Balaban J connectivity index is 0.000000141. The number of aromatic nitrogens is 6. The molecule has 2 aliphatic carbocycles. The van der Waals surface area contributed by atoms with Gasteiger partial charge < -0.3 is 0 Å². The van der Waals surface area contributed by atoms with Crippen molar-refractivity contribution in [3.63, 3.8) is 0 Å². The lowest BCUT2D eigenvalue weighted by atomic mass is 9.94. The van der Waals surface area contributed by atoms with Crippen LogP contribution in [0.3, 0.4) is 0 Å². The lowest BCUT2D eigenvalue weighted by Crippen LogP contribution is -2.00. The normalized spacial score (nSPS) is 11.6. The number of nitrogens with zero attached hydrogens (tertiary/aromatic N) is 6. The van der Waals surface area contributed by atoms with E-state index in [1.165, 1.54) is 116 Å². The van der Waals surface area contributed by atoms with E-state index in [-0.39, 0.29) is 0 Å². The zero-order valence-corrected chi connectivity index (χ0v) is 57.5. The summed E-state index contributed by atoms with van der Waals surface area (Å²) in [6, 6.07) is 133. The van der Waals surface area contributed by atoms with Gasteiger partial charge in [0.2, 0.25) is 0 Å². The molecule has 0 atom stereocenters. The largest absolute Gasteiger partial charge is 0.208 e. The zero-order chi connectivity index (χ0) is 70.0. The average molecular weight is 1350 g/mol. The number of hydrogen-bond acceptors (Lipinski definition) is 6. The van der Waals surface area contributed by atoms with Crippen LogP contribution >= 0.6 is 0 Å². The zero-order valence-electron chi connectivity index (χ0n) is 57.5. The van der Waals surface area contributed by atoms with E-state index in [0.29, 0.717) is 34.9 Å². The molecule has 492 valence electrons. The van der Waals surface area contributed by atoms with Crippen molar-refractivity contribution < 1.29 is 0 Å². The van der Waals surface area contributed by atoms with Gasteiger partial charge in [-0.1, -0.05) is 328 Å². The summed E-state index contributed by atoms with van der Waals surface area (Å²) >= 11 is 0. The fourth-order valence-electron chi connectivity index (χ4n) is 15.5. The summed E-state index contributed by atoms with van der Waals surface area (Å²) in [5.41, 5.74) is 28.0. The average Bonchev–Trinajstić information content (AvgIpc) is 1.61. The Morgan fingerprint density at radius 2 is 0.330 bits per heavy atom. The van der Waals surface area contributed by atoms with Crippen molar-refractivity contribution in [2.75, 3.05) is 0 Å². The lowest BCUT2D eigenvalue weighted by Gasteiger charge is -2.11. The highest BCUT2D eigenvalue weighted by Gasteiger charge is 2.25. The van der Waals surface area contributed by atoms with Crippen molar-refractivity contribution in [2.45, 2.75) is 0 Å². The molecule has 2 aliphatic rings. The van der Waals surface area contributed by atoms with Crippen molar-refractivity contribution in [1.29, 1.82) is 0 Å². The molecule has 0 spiro atoms. The van der Waals surface area contributed by atoms with Gasteiger partial charge in [-0.3, -0.25) is 0 Å². The summed E-state index contributed by atoms with van der Waals surface area (Å²) in [4.78, 5) is 30.2. The van der Waals surface area contributed by atoms with E-state index in [0.717, 1.165) is 60.8 Å². The summed E-state index contributed by atoms with van der Waals surface area (Å²) in [7, 11) is 0. The molecule has 0 saturated carbocycles. The van der Waals surface area contributed by atoms with Gasteiger partial charge in [0, 0.05) is 33.4 Å². The summed E-state index contributed by atoms with van der Waals surface area (Å²) in [5, 5.41) is 9.85. The van der Waals surface area contributed by atoms with Crippen molar-refractivity contribution in [1.82, 2.24) is 29.9 Å². The van der Waals surface area contributed by atoms with Gasteiger partial charge in [-0.05, 0) is 192 Å². The first kappa shape index (κ1) is 61.7. The van der Waals surface area contributed by atoms with Crippen molar-refractivity contribution in [3.8, 4) is 168 Å². The van der Waals surface area contributed by atoms with Gasteiger partial charge in [0.1, 0.15) is 0 Å². The van der Waals surface area contributed by atoms with Crippen LogP contribution < -0.4 is 0 Å². The van der Waals surface area contributed by atoms with Crippen molar-refractivity contribution >= 4 is 43.1 Å². The van der Waals surface area contributed by atoms with Gasteiger partial charge in [-0.2, -0.15) is 0 Å². The Morgan fingerprint density at radius 1 is 0.113 bits per heavy atom. The van der Waals surface area contributed by atoms with Crippen LogP contribution in [-0.2, 0) is 0 Å². The fourth-order valence-corrected chi connectivity index (χ4v) is 15.5. The molecular formula is C100H62N6. The molecule has 2 heterocycles. The van der Waals surface area contributed by atoms with Crippen molar-refractivity contribution in [2.24, 2.45) is 0 Å². The van der Waals surface area contributed by atoms with Crippen LogP contribution in [-0.4, -0.2) is 29.9 Å². The first-order valence-corrected chi connectivity index (χ1v) is 35.9. The molecule has 19 aromatic rings. The van der Waals surface area contributed by atoms with Crippen LogP contribution in [0.25, 0.3) is 212 Å². The van der Waals surface area contributed by atoms with E-state index < -0.39 is 0 Å². The molecule has 6 heteroatoms. The number of rotatable bonds is 11. The highest BCUT2D eigenvalue weighted by atomic mass is 15.0. The second-order valence-corrected chi connectivity index (χ2v) is 27.3. The molecule has 2 aromatic heterocycles. The molecule has 0 bridgehead atoms. The maximum atomic E-state index is 5.09. The topological polar surface area (TPSA) is 77.3 Å². The highest BCUT2D eigenvalue weighted by molar-refractivity contribution is 6.18. The van der Waals surface area contributed by atoms with E-state index in [9.17, 15) is 0 Å². The molecule has 21 rings (SSSR count). The molecule has 0 aliphatic heterocycles. The summed E-state index contributed by atoms with van der Waals surface area (Å²) in [6.07, 6.45) is 0. The molecule has 106 heavy (non-hydrogen) atoms. The van der Waals surface area contributed by atoms with E-state index in [2.05, 4.69) is 328 Å². The first-order chi connectivity index (χ1) is 52.5. The lowest BCUT2D eigenvalue weighted by molar-refractivity contribution is 1.07. The predicted octanol–water partition coefficient (Wildman–Crippen LogP) is 26.0. The Bertz CT molecular complexity index is 6540. The maximum Gasteiger partial charge on any atom is 0.164 e. The van der Waals surface area contributed by atoms with Crippen LogP contribution in [0.1, 0.15) is 0 Å². The minimum absolute atomic E-state index is 0.640. The van der Waals surface area contributed by atoms with E-state index in [1.807, 2.05) is 48.5 Å². The van der Waals surface area contributed by atoms with Gasteiger partial charge in [0.15, 0.2) is 34.9 Å². The Labute approximate surface area is 613 Å². The Kier molecular flexibility index (Phi) is 15.1. The van der Waals surface area contributed by atoms with Crippen LogP contribution in [0, 0.1) is 0 Å². The van der Waals surface area contributed by atoms with Crippen LogP contribution in [0.15, 0.2) is 376 Å². The molecule has 0 unspecified atom stereocenters. The van der Waals surface area contributed by atoms with Crippen LogP contribution in [0.5, 0.6) is 0 Å². The maximum absolute atomic E-state index is 5.09. The predicted molar refractivity (Wildman–Crippen MR) is 438 cm³/mol. The van der Waals surface area contributed by atoms with Gasteiger partial charge in [-0.25, -0.2) is 29.9 Å². The Hall–Kier alpha value is -14.2. The monoisotopic (exact) mass is 1350 g/mol. The van der Waals surface area contributed by atoms with E-state index in [1.54, 1.807) is 0 Å². The molecule has 0 fully saturated rings. The summed E-state index contributed by atoms with van der Waals surface area (Å²) < 4.78 is 0. The third-order valence-electron chi connectivity index (χ3n) is 20.9. The minimum atomic E-state index is 0.640. The molecule has 0 N–H and O–H groups in total.